The van der Waals surface area contributed by atoms with Crippen LogP contribution in [0.15, 0.2) is 29.1 Å². The standard InChI is InChI=1S/C17H20FN3O2/c1-11-15(17(23)21-12(2)20-11)7-8-16(22)19-10-9-13-3-5-14(18)6-4-13/h3-6H,7-10H2,1-2H3,(H,19,22)(H,20,21,23). The minimum Gasteiger partial charge on any atom is -0.356 e. The number of benzene rings is 1. The summed E-state index contributed by atoms with van der Waals surface area (Å²) in [5, 5.41) is 2.80. The maximum Gasteiger partial charge on any atom is 0.254 e. The van der Waals surface area contributed by atoms with Crippen LogP contribution in [-0.4, -0.2) is 22.4 Å². The van der Waals surface area contributed by atoms with Crippen LogP contribution >= 0.6 is 0 Å². The first-order valence-electron chi connectivity index (χ1n) is 7.53. The number of nitrogens with zero attached hydrogens (tertiary/aromatic N) is 1. The summed E-state index contributed by atoms with van der Waals surface area (Å²) < 4.78 is 12.8. The van der Waals surface area contributed by atoms with E-state index in [1.165, 1.54) is 12.1 Å². The number of H-pyrrole nitrogens is 1. The largest absolute Gasteiger partial charge is 0.356 e. The lowest BCUT2D eigenvalue weighted by atomic mass is 10.1. The number of rotatable bonds is 6. The minimum atomic E-state index is -0.273. The van der Waals surface area contributed by atoms with Gasteiger partial charge in [0.05, 0.1) is 0 Å². The van der Waals surface area contributed by atoms with Crippen LogP contribution in [0.2, 0.25) is 0 Å². The smallest absolute Gasteiger partial charge is 0.254 e. The molecule has 0 aliphatic rings. The molecule has 0 saturated heterocycles. The normalized spacial score (nSPS) is 10.6. The summed E-state index contributed by atoms with van der Waals surface area (Å²) in [6, 6.07) is 6.19. The van der Waals surface area contributed by atoms with Gasteiger partial charge < -0.3 is 10.3 Å². The van der Waals surface area contributed by atoms with Gasteiger partial charge in [-0.1, -0.05) is 12.1 Å². The van der Waals surface area contributed by atoms with E-state index in [-0.39, 0.29) is 23.7 Å². The second kappa shape index (κ2) is 7.67. The molecule has 2 rings (SSSR count). The molecule has 5 nitrogen and oxygen atoms in total. The van der Waals surface area contributed by atoms with E-state index in [0.29, 0.717) is 36.5 Å². The average Bonchev–Trinajstić information content (AvgIpc) is 2.48. The predicted molar refractivity (Wildman–Crippen MR) is 85.8 cm³/mol. The van der Waals surface area contributed by atoms with E-state index >= 15 is 0 Å². The molecule has 0 fully saturated rings. The van der Waals surface area contributed by atoms with Crippen LogP contribution in [0.3, 0.4) is 0 Å². The third-order valence-corrected chi connectivity index (χ3v) is 3.59. The molecule has 1 aromatic carbocycles. The summed E-state index contributed by atoms with van der Waals surface area (Å²) in [7, 11) is 0. The van der Waals surface area contributed by atoms with Gasteiger partial charge in [0, 0.05) is 24.2 Å². The molecule has 1 amide bonds. The van der Waals surface area contributed by atoms with Gasteiger partial charge in [-0.05, 0) is 44.4 Å². The van der Waals surface area contributed by atoms with E-state index in [9.17, 15) is 14.0 Å². The minimum absolute atomic E-state index is 0.119. The molecule has 0 radical (unpaired) electrons. The number of carbonyl (C=O) groups is 1. The lowest BCUT2D eigenvalue weighted by Crippen LogP contribution is -2.27. The molecule has 0 unspecified atom stereocenters. The molecule has 0 spiro atoms. The Labute approximate surface area is 134 Å². The van der Waals surface area contributed by atoms with Crippen molar-refractivity contribution in [3.05, 3.63) is 63.1 Å². The Morgan fingerprint density at radius 1 is 1.22 bits per heavy atom. The zero-order valence-corrected chi connectivity index (χ0v) is 13.3. The zero-order chi connectivity index (χ0) is 16.8. The van der Waals surface area contributed by atoms with Crippen LogP contribution in [-0.2, 0) is 17.6 Å². The maximum absolute atomic E-state index is 12.8. The monoisotopic (exact) mass is 317 g/mol. The molecule has 6 heteroatoms. The van der Waals surface area contributed by atoms with Gasteiger partial charge in [-0.25, -0.2) is 9.37 Å². The molecule has 2 N–H and O–H groups in total. The Kier molecular flexibility index (Phi) is 5.62. The van der Waals surface area contributed by atoms with E-state index in [4.69, 9.17) is 0 Å². The van der Waals surface area contributed by atoms with Crippen molar-refractivity contribution in [3.63, 3.8) is 0 Å². The van der Waals surface area contributed by atoms with Crippen molar-refractivity contribution >= 4 is 5.91 Å². The number of hydrogen-bond acceptors (Lipinski definition) is 3. The summed E-state index contributed by atoms with van der Waals surface area (Å²) in [5.41, 5.74) is 1.98. The van der Waals surface area contributed by atoms with Crippen molar-refractivity contribution < 1.29 is 9.18 Å². The molecule has 1 aromatic heterocycles. The number of amides is 1. The quantitative estimate of drug-likeness (QED) is 0.853. The lowest BCUT2D eigenvalue weighted by molar-refractivity contribution is -0.121. The van der Waals surface area contributed by atoms with Crippen LogP contribution in [0.25, 0.3) is 0 Å². The van der Waals surface area contributed by atoms with Crippen molar-refractivity contribution in [2.24, 2.45) is 0 Å². The van der Waals surface area contributed by atoms with E-state index in [1.807, 2.05) is 0 Å². The fraction of sp³-hybridized carbons (Fsp3) is 0.353. The number of aromatic nitrogens is 2. The second-order valence-electron chi connectivity index (χ2n) is 5.44. The summed E-state index contributed by atoms with van der Waals surface area (Å²) in [6.07, 6.45) is 1.23. The van der Waals surface area contributed by atoms with Crippen molar-refractivity contribution in [2.75, 3.05) is 6.54 Å². The van der Waals surface area contributed by atoms with Crippen LogP contribution in [0.1, 0.15) is 29.1 Å². The van der Waals surface area contributed by atoms with E-state index in [0.717, 1.165) is 5.56 Å². The Bertz CT molecular complexity index is 738. The topological polar surface area (TPSA) is 74.8 Å². The molecule has 23 heavy (non-hydrogen) atoms. The summed E-state index contributed by atoms with van der Waals surface area (Å²) in [4.78, 5) is 30.5. The highest BCUT2D eigenvalue weighted by molar-refractivity contribution is 5.76. The molecule has 0 aliphatic carbocycles. The van der Waals surface area contributed by atoms with E-state index in [1.54, 1.807) is 26.0 Å². The van der Waals surface area contributed by atoms with Crippen LogP contribution in [0.4, 0.5) is 4.39 Å². The highest BCUT2D eigenvalue weighted by atomic mass is 19.1. The molecular formula is C17H20FN3O2. The summed E-state index contributed by atoms with van der Waals surface area (Å²) >= 11 is 0. The number of carbonyl (C=O) groups excluding carboxylic acids is 1. The predicted octanol–water partition coefficient (Wildman–Crippen LogP) is 1.82. The van der Waals surface area contributed by atoms with Gasteiger partial charge in [-0.15, -0.1) is 0 Å². The lowest BCUT2D eigenvalue weighted by Gasteiger charge is -2.07. The van der Waals surface area contributed by atoms with Crippen molar-refractivity contribution in [2.45, 2.75) is 33.1 Å². The highest BCUT2D eigenvalue weighted by Gasteiger charge is 2.09. The van der Waals surface area contributed by atoms with Crippen molar-refractivity contribution in [1.29, 1.82) is 0 Å². The van der Waals surface area contributed by atoms with Crippen molar-refractivity contribution in [3.8, 4) is 0 Å². The third kappa shape index (κ3) is 5.02. The van der Waals surface area contributed by atoms with Gasteiger partial charge in [-0.3, -0.25) is 9.59 Å². The molecule has 1 heterocycles. The Morgan fingerprint density at radius 3 is 2.57 bits per heavy atom. The van der Waals surface area contributed by atoms with Gasteiger partial charge >= 0.3 is 0 Å². The third-order valence-electron chi connectivity index (χ3n) is 3.59. The van der Waals surface area contributed by atoms with Gasteiger partial charge in [-0.2, -0.15) is 0 Å². The van der Waals surface area contributed by atoms with Gasteiger partial charge in [0.2, 0.25) is 5.91 Å². The number of aryl methyl sites for hydroxylation is 2. The molecule has 0 aliphatic heterocycles. The Morgan fingerprint density at radius 2 is 1.91 bits per heavy atom. The molecule has 122 valence electrons. The second-order valence-corrected chi connectivity index (χ2v) is 5.44. The Balaban J connectivity index is 1.79. The van der Waals surface area contributed by atoms with Crippen LogP contribution in [0, 0.1) is 19.7 Å². The molecule has 0 atom stereocenters. The number of halogens is 1. The van der Waals surface area contributed by atoms with E-state index in [2.05, 4.69) is 15.3 Å². The van der Waals surface area contributed by atoms with Gasteiger partial charge in [0.15, 0.2) is 0 Å². The fourth-order valence-corrected chi connectivity index (χ4v) is 2.37. The maximum atomic E-state index is 12.8. The SMILES string of the molecule is Cc1nc(C)c(CCC(=O)NCCc2ccc(F)cc2)c(=O)[nH]1. The average molecular weight is 317 g/mol. The number of hydrogen-bond donors (Lipinski definition) is 2. The van der Waals surface area contributed by atoms with Crippen molar-refractivity contribution in [1.82, 2.24) is 15.3 Å². The molecule has 0 bridgehead atoms. The first kappa shape index (κ1) is 16.9. The molecular weight excluding hydrogens is 297 g/mol. The summed E-state index contributed by atoms with van der Waals surface area (Å²) in [5.74, 6) is 0.177. The van der Waals surface area contributed by atoms with Crippen LogP contribution < -0.4 is 10.9 Å². The molecule has 0 saturated carbocycles. The Hall–Kier alpha value is -2.50. The van der Waals surface area contributed by atoms with Crippen LogP contribution in [0.5, 0.6) is 0 Å². The van der Waals surface area contributed by atoms with Gasteiger partial charge in [0.25, 0.3) is 5.56 Å². The molecule has 2 aromatic rings. The number of nitrogens with one attached hydrogen (secondary N) is 2. The summed E-state index contributed by atoms with van der Waals surface area (Å²) in [6.45, 7) is 3.97. The van der Waals surface area contributed by atoms with Gasteiger partial charge in [0.1, 0.15) is 11.6 Å². The first-order valence-corrected chi connectivity index (χ1v) is 7.53. The van der Waals surface area contributed by atoms with E-state index < -0.39 is 0 Å². The highest BCUT2D eigenvalue weighted by Crippen LogP contribution is 2.04. The fourth-order valence-electron chi connectivity index (χ4n) is 2.37. The zero-order valence-electron chi connectivity index (χ0n) is 13.3. The number of aromatic amines is 1. The first-order chi connectivity index (χ1) is 11.0.